The van der Waals surface area contributed by atoms with Crippen LogP contribution in [0.2, 0.25) is 0 Å². The number of halogens is 2. The van der Waals surface area contributed by atoms with Gasteiger partial charge in [0.05, 0.1) is 0 Å². The van der Waals surface area contributed by atoms with Gasteiger partial charge in [0.25, 0.3) is 0 Å². The molecule has 0 spiro atoms. The molecule has 2 aromatic carbocycles. The fraction of sp³-hybridized carbons (Fsp3) is 0.294. The molecule has 0 amide bonds. The molecule has 106 valence electrons. The van der Waals surface area contributed by atoms with Crippen LogP contribution < -0.4 is 5.32 Å². The third-order valence-electron chi connectivity index (χ3n) is 3.43. The van der Waals surface area contributed by atoms with Crippen molar-refractivity contribution in [3.63, 3.8) is 0 Å². The fourth-order valence-corrected chi connectivity index (χ4v) is 2.37. The Bertz CT molecular complexity index is 564. The van der Waals surface area contributed by atoms with E-state index in [0.717, 1.165) is 24.6 Å². The summed E-state index contributed by atoms with van der Waals surface area (Å²) in [4.78, 5) is 0. The molecule has 1 nitrogen and oxygen atoms in total. The quantitative estimate of drug-likeness (QED) is 0.834. The van der Waals surface area contributed by atoms with Crippen LogP contribution in [-0.4, -0.2) is 6.54 Å². The lowest BCUT2D eigenvalue weighted by Gasteiger charge is -2.16. The average molecular weight is 275 g/mol. The SMILES string of the molecule is CCNC(CC)c1ccc(-c2cccc(F)c2F)cc1. The van der Waals surface area contributed by atoms with E-state index >= 15 is 0 Å². The van der Waals surface area contributed by atoms with Crippen molar-refractivity contribution >= 4 is 0 Å². The number of hydrogen-bond acceptors (Lipinski definition) is 1. The van der Waals surface area contributed by atoms with Crippen LogP contribution in [0, 0.1) is 11.6 Å². The third-order valence-corrected chi connectivity index (χ3v) is 3.43. The molecule has 2 rings (SSSR count). The van der Waals surface area contributed by atoms with Gasteiger partial charge in [-0.25, -0.2) is 8.78 Å². The summed E-state index contributed by atoms with van der Waals surface area (Å²) in [6.45, 7) is 5.09. The molecule has 0 saturated carbocycles. The zero-order valence-electron chi connectivity index (χ0n) is 11.8. The first-order valence-corrected chi connectivity index (χ1v) is 6.95. The van der Waals surface area contributed by atoms with Crippen molar-refractivity contribution in [2.45, 2.75) is 26.3 Å². The van der Waals surface area contributed by atoms with Crippen molar-refractivity contribution in [1.29, 1.82) is 0 Å². The van der Waals surface area contributed by atoms with E-state index in [-0.39, 0.29) is 0 Å². The molecule has 0 aliphatic heterocycles. The molecule has 2 aromatic rings. The van der Waals surface area contributed by atoms with Gasteiger partial charge in [-0.1, -0.05) is 50.2 Å². The minimum atomic E-state index is -0.814. The lowest BCUT2D eigenvalue weighted by atomic mass is 9.99. The highest BCUT2D eigenvalue weighted by molar-refractivity contribution is 5.64. The Labute approximate surface area is 118 Å². The van der Waals surface area contributed by atoms with Gasteiger partial charge < -0.3 is 5.32 Å². The maximum absolute atomic E-state index is 13.7. The lowest BCUT2D eigenvalue weighted by Crippen LogP contribution is -2.19. The average Bonchev–Trinajstić information content (AvgIpc) is 2.48. The molecule has 0 aromatic heterocycles. The van der Waals surface area contributed by atoms with Crippen molar-refractivity contribution in [3.8, 4) is 11.1 Å². The van der Waals surface area contributed by atoms with Gasteiger partial charge in [-0.15, -0.1) is 0 Å². The third kappa shape index (κ3) is 3.05. The molecule has 1 N–H and O–H groups in total. The number of hydrogen-bond donors (Lipinski definition) is 1. The van der Waals surface area contributed by atoms with Gasteiger partial charge in [-0.05, 0) is 30.2 Å². The zero-order valence-corrected chi connectivity index (χ0v) is 11.8. The summed E-state index contributed by atoms with van der Waals surface area (Å²) >= 11 is 0. The van der Waals surface area contributed by atoms with E-state index in [2.05, 4.69) is 19.2 Å². The van der Waals surface area contributed by atoms with Crippen LogP contribution >= 0.6 is 0 Å². The van der Waals surface area contributed by atoms with Crippen LogP contribution in [0.4, 0.5) is 8.78 Å². The van der Waals surface area contributed by atoms with Crippen molar-refractivity contribution in [2.24, 2.45) is 0 Å². The number of rotatable bonds is 5. The lowest BCUT2D eigenvalue weighted by molar-refractivity contribution is 0.511. The first-order chi connectivity index (χ1) is 9.67. The smallest absolute Gasteiger partial charge is 0.166 e. The Morgan fingerprint density at radius 1 is 1.00 bits per heavy atom. The molecular weight excluding hydrogens is 256 g/mol. The van der Waals surface area contributed by atoms with Gasteiger partial charge in [0, 0.05) is 11.6 Å². The van der Waals surface area contributed by atoms with Crippen LogP contribution in [0.25, 0.3) is 11.1 Å². The Balaban J connectivity index is 2.30. The molecule has 0 bridgehead atoms. The Kier molecular flexibility index (Phi) is 4.85. The van der Waals surface area contributed by atoms with Crippen LogP contribution in [0.5, 0.6) is 0 Å². The summed E-state index contributed by atoms with van der Waals surface area (Å²) in [7, 11) is 0. The molecular formula is C17H19F2N. The van der Waals surface area contributed by atoms with Crippen LogP contribution in [0.15, 0.2) is 42.5 Å². The topological polar surface area (TPSA) is 12.0 Å². The minimum absolute atomic E-state index is 0.298. The first-order valence-electron chi connectivity index (χ1n) is 6.95. The Hall–Kier alpha value is -1.74. The monoisotopic (exact) mass is 275 g/mol. The molecule has 20 heavy (non-hydrogen) atoms. The molecule has 0 saturated heterocycles. The van der Waals surface area contributed by atoms with E-state index in [1.54, 1.807) is 6.07 Å². The van der Waals surface area contributed by atoms with E-state index in [9.17, 15) is 8.78 Å². The molecule has 0 heterocycles. The second kappa shape index (κ2) is 6.62. The van der Waals surface area contributed by atoms with Gasteiger partial charge in [-0.2, -0.15) is 0 Å². The molecule has 3 heteroatoms. The van der Waals surface area contributed by atoms with E-state index < -0.39 is 11.6 Å². The second-order valence-electron chi connectivity index (χ2n) is 4.74. The van der Waals surface area contributed by atoms with Crippen LogP contribution in [-0.2, 0) is 0 Å². The van der Waals surface area contributed by atoms with Gasteiger partial charge in [0.1, 0.15) is 0 Å². The van der Waals surface area contributed by atoms with Crippen molar-refractivity contribution < 1.29 is 8.78 Å². The zero-order chi connectivity index (χ0) is 14.5. The summed E-state index contributed by atoms with van der Waals surface area (Å²) in [5.74, 6) is -1.61. The predicted octanol–water partition coefficient (Wildman–Crippen LogP) is 4.69. The van der Waals surface area contributed by atoms with Crippen molar-refractivity contribution in [1.82, 2.24) is 5.32 Å². The summed E-state index contributed by atoms with van der Waals surface area (Å²) in [6.07, 6.45) is 0.988. The normalized spacial score (nSPS) is 12.4. The van der Waals surface area contributed by atoms with Crippen molar-refractivity contribution in [3.05, 3.63) is 59.7 Å². The summed E-state index contributed by atoms with van der Waals surface area (Å²) in [5, 5.41) is 3.39. The molecule has 0 radical (unpaired) electrons. The molecule has 0 aliphatic carbocycles. The standard InChI is InChI=1S/C17H19F2N/c1-3-16(20-4-2)13-10-8-12(9-11-13)14-6-5-7-15(18)17(14)19/h5-11,16,20H,3-4H2,1-2H3. The summed E-state index contributed by atoms with van der Waals surface area (Å²) in [5.41, 5.74) is 2.15. The first kappa shape index (κ1) is 14.7. The van der Waals surface area contributed by atoms with Gasteiger partial charge >= 0.3 is 0 Å². The van der Waals surface area contributed by atoms with Gasteiger partial charge in [0.2, 0.25) is 0 Å². The Morgan fingerprint density at radius 3 is 2.30 bits per heavy atom. The predicted molar refractivity (Wildman–Crippen MR) is 78.5 cm³/mol. The highest BCUT2D eigenvalue weighted by Crippen LogP contribution is 2.26. The highest BCUT2D eigenvalue weighted by atomic mass is 19.2. The van der Waals surface area contributed by atoms with E-state index in [1.165, 1.54) is 6.07 Å². The molecule has 0 aliphatic rings. The van der Waals surface area contributed by atoms with Crippen LogP contribution in [0.1, 0.15) is 31.9 Å². The summed E-state index contributed by atoms with van der Waals surface area (Å²) < 4.78 is 27.0. The molecule has 1 atom stereocenters. The Morgan fingerprint density at radius 2 is 1.70 bits per heavy atom. The van der Waals surface area contributed by atoms with Gasteiger partial charge in [0.15, 0.2) is 11.6 Å². The number of nitrogens with one attached hydrogen (secondary N) is 1. The molecule has 0 fully saturated rings. The highest BCUT2D eigenvalue weighted by Gasteiger charge is 2.11. The van der Waals surface area contributed by atoms with E-state index in [4.69, 9.17) is 0 Å². The van der Waals surface area contributed by atoms with E-state index in [0.29, 0.717) is 17.2 Å². The maximum atomic E-state index is 13.7. The van der Waals surface area contributed by atoms with Gasteiger partial charge in [-0.3, -0.25) is 0 Å². The largest absolute Gasteiger partial charge is 0.310 e. The van der Waals surface area contributed by atoms with Crippen LogP contribution in [0.3, 0.4) is 0 Å². The number of benzene rings is 2. The van der Waals surface area contributed by atoms with Crippen molar-refractivity contribution in [2.75, 3.05) is 6.54 Å². The maximum Gasteiger partial charge on any atom is 0.166 e. The second-order valence-corrected chi connectivity index (χ2v) is 4.74. The van der Waals surface area contributed by atoms with E-state index in [1.807, 2.05) is 24.3 Å². The minimum Gasteiger partial charge on any atom is -0.310 e. The fourth-order valence-electron chi connectivity index (χ4n) is 2.37. The molecule has 1 unspecified atom stereocenters. The summed E-state index contributed by atoms with van der Waals surface area (Å²) in [6, 6.07) is 12.2.